The first-order valence-electron chi connectivity index (χ1n) is 8.91. The fraction of sp³-hybridized carbons (Fsp3) is 0.0500. The third-order valence-corrected chi connectivity index (χ3v) is 4.89. The second-order valence-electron chi connectivity index (χ2n) is 6.41. The summed E-state index contributed by atoms with van der Waals surface area (Å²) in [6.45, 7) is 1.88. The first-order chi connectivity index (χ1) is 14.2. The van der Waals surface area contributed by atoms with Gasteiger partial charge in [0.1, 0.15) is 10.7 Å². The number of nitrogens with one attached hydrogen (secondary N) is 2. The molecule has 29 heavy (non-hydrogen) atoms. The van der Waals surface area contributed by atoms with Crippen LogP contribution in [0, 0.1) is 6.92 Å². The van der Waals surface area contributed by atoms with Crippen LogP contribution >= 0.6 is 11.6 Å². The molecule has 0 fully saturated rings. The van der Waals surface area contributed by atoms with E-state index in [0.717, 1.165) is 27.8 Å². The highest BCUT2D eigenvalue weighted by molar-refractivity contribution is 6.32. The summed E-state index contributed by atoms with van der Waals surface area (Å²) in [5.74, 6) is 0.282. The lowest BCUT2D eigenvalue weighted by Crippen LogP contribution is -1.99. The molecule has 0 amide bonds. The van der Waals surface area contributed by atoms with Crippen molar-refractivity contribution in [2.75, 3.05) is 5.43 Å². The lowest BCUT2D eigenvalue weighted by molar-refractivity contribution is 0.863. The quantitative estimate of drug-likeness (QED) is 0.348. The van der Waals surface area contributed by atoms with Gasteiger partial charge in [-0.15, -0.1) is 10.2 Å². The summed E-state index contributed by atoms with van der Waals surface area (Å²) in [6.07, 6.45) is 1.60. The Hall–Kier alpha value is -3.78. The zero-order valence-corrected chi connectivity index (χ0v) is 16.1. The van der Waals surface area contributed by atoms with Crippen LogP contribution in [-0.2, 0) is 0 Å². The van der Waals surface area contributed by atoms with E-state index in [1.54, 1.807) is 10.9 Å². The van der Waals surface area contributed by atoms with Crippen molar-refractivity contribution in [3.8, 4) is 5.69 Å². The van der Waals surface area contributed by atoms with E-state index < -0.39 is 0 Å². The van der Waals surface area contributed by atoms with Crippen molar-refractivity contribution in [1.82, 2.24) is 29.9 Å². The van der Waals surface area contributed by atoms with E-state index >= 15 is 0 Å². The van der Waals surface area contributed by atoms with Crippen molar-refractivity contribution in [2.45, 2.75) is 6.92 Å². The largest absolute Gasteiger partial charge is 0.338 e. The molecule has 5 aromatic rings. The first-order valence-corrected chi connectivity index (χ1v) is 9.29. The number of aromatic amines is 1. The van der Waals surface area contributed by atoms with Crippen LogP contribution in [0.4, 0.5) is 5.95 Å². The number of rotatable bonds is 4. The van der Waals surface area contributed by atoms with Crippen LogP contribution in [-0.4, -0.2) is 36.2 Å². The molecular weight excluding hydrogens is 388 g/mol. The summed E-state index contributed by atoms with van der Waals surface area (Å²) in [5.41, 5.74) is 7.47. The summed E-state index contributed by atoms with van der Waals surface area (Å²) in [5, 5.41) is 18.5. The van der Waals surface area contributed by atoms with Gasteiger partial charge in [-0.05, 0) is 25.1 Å². The van der Waals surface area contributed by atoms with Crippen LogP contribution < -0.4 is 5.43 Å². The van der Waals surface area contributed by atoms with Gasteiger partial charge < -0.3 is 4.98 Å². The number of anilines is 1. The molecular formula is C20H15ClN8. The smallest absolute Gasteiger partial charge is 0.265 e. The van der Waals surface area contributed by atoms with Crippen molar-refractivity contribution in [3.05, 3.63) is 71.0 Å². The average molecular weight is 403 g/mol. The maximum absolute atomic E-state index is 6.50. The van der Waals surface area contributed by atoms with E-state index in [1.165, 1.54) is 0 Å². The number of hydrogen-bond acceptors (Lipinski definition) is 6. The van der Waals surface area contributed by atoms with Crippen molar-refractivity contribution >= 4 is 45.8 Å². The van der Waals surface area contributed by atoms with E-state index in [2.05, 4.69) is 35.8 Å². The van der Waals surface area contributed by atoms with Crippen LogP contribution in [0.3, 0.4) is 0 Å². The number of hydrazone groups is 1. The second kappa shape index (κ2) is 6.99. The Morgan fingerprint density at radius 3 is 2.72 bits per heavy atom. The summed E-state index contributed by atoms with van der Waals surface area (Å²) in [7, 11) is 0. The summed E-state index contributed by atoms with van der Waals surface area (Å²) in [4.78, 5) is 7.66. The topological polar surface area (TPSA) is 96.7 Å². The van der Waals surface area contributed by atoms with Gasteiger partial charge in [0.05, 0.1) is 23.2 Å². The van der Waals surface area contributed by atoms with Gasteiger partial charge >= 0.3 is 0 Å². The predicted octanol–water partition coefficient (Wildman–Crippen LogP) is 4.10. The first kappa shape index (κ1) is 17.3. The number of H-pyrrole nitrogens is 1. The molecule has 8 nitrogen and oxygen atoms in total. The molecule has 0 radical (unpaired) electrons. The standard InChI is InChI=1S/C20H15ClN8/c1-12-15(18(21)29(28-12)13-7-3-2-4-8-13)11-22-26-20-24-19-17(25-27-20)14-9-5-6-10-16(14)23-19/h2-11H,1H3,(H2,23,24,26,27). The van der Waals surface area contributed by atoms with Crippen LogP contribution in [0.2, 0.25) is 5.15 Å². The third-order valence-electron chi connectivity index (χ3n) is 4.53. The van der Waals surface area contributed by atoms with Crippen molar-refractivity contribution in [2.24, 2.45) is 5.10 Å². The Kier molecular flexibility index (Phi) is 4.18. The molecule has 0 unspecified atom stereocenters. The van der Waals surface area contributed by atoms with Gasteiger partial charge in [-0.1, -0.05) is 48.0 Å². The Bertz CT molecular complexity index is 1350. The maximum Gasteiger partial charge on any atom is 0.265 e. The van der Waals surface area contributed by atoms with E-state index in [4.69, 9.17) is 11.6 Å². The summed E-state index contributed by atoms with van der Waals surface area (Å²) >= 11 is 6.50. The van der Waals surface area contributed by atoms with E-state index in [9.17, 15) is 0 Å². The fourth-order valence-corrected chi connectivity index (χ4v) is 3.44. The molecule has 0 atom stereocenters. The van der Waals surface area contributed by atoms with Crippen LogP contribution in [0.25, 0.3) is 27.8 Å². The SMILES string of the molecule is Cc1nn(-c2ccccc2)c(Cl)c1C=NNc1nnc2c(n1)[nH]c1ccccc12. The molecule has 3 heterocycles. The second-order valence-corrected chi connectivity index (χ2v) is 6.77. The molecule has 0 aliphatic heterocycles. The zero-order valence-electron chi connectivity index (χ0n) is 15.3. The molecule has 0 saturated heterocycles. The number of halogens is 1. The van der Waals surface area contributed by atoms with Crippen molar-refractivity contribution in [1.29, 1.82) is 0 Å². The molecule has 2 aromatic carbocycles. The highest BCUT2D eigenvalue weighted by Crippen LogP contribution is 2.23. The minimum absolute atomic E-state index is 0.282. The highest BCUT2D eigenvalue weighted by atomic mass is 35.5. The minimum Gasteiger partial charge on any atom is -0.338 e. The van der Waals surface area contributed by atoms with E-state index in [0.29, 0.717) is 16.4 Å². The molecule has 0 spiro atoms. The third kappa shape index (κ3) is 3.09. The number of para-hydroxylation sites is 2. The monoisotopic (exact) mass is 402 g/mol. The number of benzene rings is 2. The number of nitrogens with zero attached hydrogens (tertiary/aromatic N) is 6. The highest BCUT2D eigenvalue weighted by Gasteiger charge is 2.13. The lowest BCUT2D eigenvalue weighted by atomic mass is 10.2. The normalized spacial score (nSPS) is 11.7. The predicted molar refractivity (Wildman–Crippen MR) is 114 cm³/mol. The molecule has 3 aromatic heterocycles. The average Bonchev–Trinajstić information content (AvgIpc) is 3.26. The van der Waals surface area contributed by atoms with Crippen molar-refractivity contribution < 1.29 is 0 Å². The Labute approximate surface area is 170 Å². The van der Waals surface area contributed by atoms with E-state index in [-0.39, 0.29) is 5.95 Å². The van der Waals surface area contributed by atoms with Gasteiger partial charge in [0.15, 0.2) is 5.65 Å². The van der Waals surface area contributed by atoms with Gasteiger partial charge in [0.2, 0.25) is 0 Å². The number of aromatic nitrogens is 6. The van der Waals surface area contributed by atoms with Gasteiger partial charge in [-0.2, -0.15) is 15.2 Å². The molecule has 0 aliphatic rings. The molecule has 5 rings (SSSR count). The summed E-state index contributed by atoms with van der Waals surface area (Å²) in [6, 6.07) is 17.5. The van der Waals surface area contributed by atoms with Crippen LogP contribution in [0.15, 0.2) is 59.7 Å². The van der Waals surface area contributed by atoms with Gasteiger partial charge in [0.25, 0.3) is 5.95 Å². The van der Waals surface area contributed by atoms with Gasteiger partial charge in [-0.3, -0.25) is 0 Å². The van der Waals surface area contributed by atoms with Crippen molar-refractivity contribution in [3.63, 3.8) is 0 Å². The number of fused-ring (bicyclic) bond motifs is 3. The number of aryl methyl sites for hydroxylation is 1. The Balaban J connectivity index is 1.41. The molecule has 2 N–H and O–H groups in total. The van der Waals surface area contributed by atoms with Gasteiger partial charge in [0, 0.05) is 10.9 Å². The Morgan fingerprint density at radius 2 is 1.86 bits per heavy atom. The maximum atomic E-state index is 6.50. The van der Waals surface area contributed by atoms with Gasteiger partial charge in [-0.25, -0.2) is 10.1 Å². The lowest BCUT2D eigenvalue weighted by Gasteiger charge is -2.01. The molecule has 0 aliphatic carbocycles. The Morgan fingerprint density at radius 1 is 1.07 bits per heavy atom. The number of hydrogen-bond donors (Lipinski definition) is 2. The van der Waals surface area contributed by atoms with E-state index in [1.807, 2.05) is 61.5 Å². The fourth-order valence-electron chi connectivity index (χ4n) is 3.12. The molecule has 9 heteroatoms. The summed E-state index contributed by atoms with van der Waals surface area (Å²) < 4.78 is 1.67. The van der Waals surface area contributed by atoms with Crippen LogP contribution in [0.1, 0.15) is 11.3 Å². The molecule has 0 saturated carbocycles. The van der Waals surface area contributed by atoms with Crippen LogP contribution in [0.5, 0.6) is 0 Å². The zero-order chi connectivity index (χ0) is 19.8. The molecule has 0 bridgehead atoms. The minimum atomic E-state index is 0.282. The molecule has 142 valence electrons.